The van der Waals surface area contributed by atoms with Gasteiger partial charge in [0, 0.05) is 0 Å². The van der Waals surface area contributed by atoms with E-state index in [4.69, 9.17) is 0 Å². The summed E-state index contributed by atoms with van der Waals surface area (Å²) < 4.78 is 5.64. The van der Waals surface area contributed by atoms with Crippen molar-refractivity contribution in [2.24, 2.45) is 0 Å². The summed E-state index contributed by atoms with van der Waals surface area (Å²) in [6.07, 6.45) is 2.71. The van der Waals surface area contributed by atoms with Crippen molar-refractivity contribution in [1.29, 1.82) is 0 Å². The van der Waals surface area contributed by atoms with Crippen LogP contribution in [-0.4, -0.2) is 43.7 Å². The molecule has 0 aromatic heterocycles. The van der Waals surface area contributed by atoms with Gasteiger partial charge in [-0.15, -0.1) is 0 Å². The molecule has 0 N–H and O–H groups in total. The third-order valence-electron chi connectivity index (χ3n) is 4.45. The molecular weight excluding hydrogens is 236 g/mol. The van der Waals surface area contributed by atoms with E-state index < -0.39 is 8.40 Å². The van der Waals surface area contributed by atoms with Crippen LogP contribution in [0.25, 0.3) is 0 Å². The van der Waals surface area contributed by atoms with Gasteiger partial charge in [0.15, 0.2) is 0 Å². The van der Waals surface area contributed by atoms with Gasteiger partial charge in [0.25, 0.3) is 0 Å². The van der Waals surface area contributed by atoms with Crippen molar-refractivity contribution >= 4 is 8.40 Å². The third kappa shape index (κ3) is 3.81. The minimum absolute atomic E-state index is 0.809. The maximum atomic E-state index is 2.82. The number of hydrogen-bond acceptors (Lipinski definition) is 2. The Morgan fingerprint density at radius 1 is 0.778 bits per heavy atom. The van der Waals surface area contributed by atoms with E-state index in [2.05, 4.69) is 57.6 Å². The molecule has 0 unspecified atom stereocenters. The van der Waals surface area contributed by atoms with Gasteiger partial charge < -0.3 is 9.13 Å². The fourth-order valence-electron chi connectivity index (χ4n) is 3.51. The van der Waals surface area contributed by atoms with Gasteiger partial charge >= 0.3 is 0 Å². The van der Waals surface area contributed by atoms with Crippen LogP contribution in [0.3, 0.4) is 0 Å². The summed E-state index contributed by atoms with van der Waals surface area (Å²) in [7, 11) is -1.49. The zero-order chi connectivity index (χ0) is 14.2. The van der Waals surface area contributed by atoms with Crippen LogP contribution in [-0.2, 0) is 0 Å². The molecule has 110 valence electrons. The molecule has 0 spiro atoms. The molecule has 2 nitrogen and oxygen atoms in total. The summed E-state index contributed by atoms with van der Waals surface area (Å²) in [6, 6.07) is 1.44. The Labute approximate surface area is 117 Å². The fraction of sp³-hybridized carbons (Fsp3) is 1.00. The van der Waals surface area contributed by atoms with Crippen LogP contribution in [0.5, 0.6) is 0 Å². The van der Waals surface area contributed by atoms with Gasteiger partial charge in [-0.2, -0.15) is 0 Å². The van der Waals surface area contributed by atoms with E-state index in [0.717, 1.165) is 5.54 Å². The zero-order valence-electron chi connectivity index (χ0n) is 13.9. The van der Waals surface area contributed by atoms with Crippen LogP contribution in [0.4, 0.5) is 0 Å². The van der Waals surface area contributed by atoms with Crippen molar-refractivity contribution in [2.45, 2.75) is 72.9 Å². The van der Waals surface area contributed by atoms with Gasteiger partial charge in [0.2, 0.25) is 8.40 Å². The van der Waals surface area contributed by atoms with E-state index in [0.29, 0.717) is 0 Å². The predicted molar refractivity (Wildman–Crippen MR) is 86.4 cm³/mol. The van der Waals surface area contributed by atoms with Crippen LogP contribution >= 0.6 is 0 Å². The summed E-state index contributed by atoms with van der Waals surface area (Å²) in [4.78, 5) is 0. The van der Waals surface area contributed by atoms with Crippen LogP contribution in [0, 0.1) is 0 Å². The molecule has 0 aliphatic heterocycles. The Morgan fingerprint density at radius 3 is 1.39 bits per heavy atom. The number of rotatable bonds is 10. The van der Waals surface area contributed by atoms with Crippen LogP contribution in [0.15, 0.2) is 0 Å². The molecule has 0 bridgehead atoms. The molecule has 0 fully saturated rings. The first-order valence-corrected chi connectivity index (χ1v) is 10.2. The van der Waals surface area contributed by atoms with E-state index in [1.54, 1.807) is 0 Å². The summed E-state index contributed by atoms with van der Waals surface area (Å²) in [5.41, 5.74) is 0.809. The van der Waals surface area contributed by atoms with Gasteiger partial charge in [-0.1, -0.05) is 61.3 Å². The Balaban J connectivity index is 5.38. The average Bonchev–Trinajstić information content (AvgIpc) is 2.37. The third-order valence-corrected chi connectivity index (χ3v) is 10.8. The Hall–Kier alpha value is 0.137. The molecular formula is C15H36N2Si. The highest BCUT2D eigenvalue weighted by Crippen LogP contribution is 2.33. The highest BCUT2D eigenvalue weighted by Gasteiger charge is 2.45. The molecule has 18 heavy (non-hydrogen) atoms. The largest absolute Gasteiger partial charge is 0.312 e. The van der Waals surface area contributed by atoms with Crippen LogP contribution in [0.2, 0.25) is 11.6 Å². The Kier molecular flexibility index (Phi) is 9.18. The smallest absolute Gasteiger partial charge is 0.209 e. The van der Waals surface area contributed by atoms with Gasteiger partial charge in [0.1, 0.15) is 0 Å². The van der Waals surface area contributed by atoms with Gasteiger partial charge in [0.05, 0.1) is 0 Å². The second kappa shape index (κ2) is 9.11. The molecule has 0 amide bonds. The zero-order valence-corrected chi connectivity index (χ0v) is 14.9. The molecule has 0 rings (SSSR count). The summed E-state index contributed by atoms with van der Waals surface area (Å²) in [5.74, 6) is 0. The van der Waals surface area contributed by atoms with Crippen LogP contribution < -0.4 is 0 Å². The van der Waals surface area contributed by atoms with Crippen molar-refractivity contribution in [3.8, 4) is 0 Å². The molecule has 0 aliphatic rings. The van der Waals surface area contributed by atoms with E-state index in [1.165, 1.54) is 45.1 Å². The highest BCUT2D eigenvalue weighted by atomic mass is 28.3. The van der Waals surface area contributed by atoms with Crippen molar-refractivity contribution in [2.75, 3.05) is 26.2 Å². The average molecular weight is 273 g/mol. The quantitative estimate of drug-likeness (QED) is 0.546. The maximum Gasteiger partial charge on any atom is 0.209 e. The number of hydrogen-bond donors (Lipinski definition) is 0. The van der Waals surface area contributed by atoms with Gasteiger partial charge in [-0.3, -0.25) is 0 Å². The van der Waals surface area contributed by atoms with Gasteiger partial charge in [-0.25, -0.2) is 0 Å². The lowest BCUT2D eigenvalue weighted by Crippen LogP contribution is -2.67. The molecule has 0 aliphatic carbocycles. The predicted octanol–water partition coefficient (Wildman–Crippen LogP) is 4.32. The van der Waals surface area contributed by atoms with Gasteiger partial charge in [-0.05, 0) is 37.8 Å². The number of unbranched alkanes of at least 4 members (excludes halogenated alkanes) is 1. The van der Waals surface area contributed by atoms with E-state index in [1.807, 2.05) is 0 Å². The topological polar surface area (TPSA) is 6.48 Å². The van der Waals surface area contributed by atoms with Crippen molar-refractivity contribution in [1.82, 2.24) is 9.13 Å². The molecule has 0 saturated carbocycles. The Bertz CT molecular complexity index is 187. The first kappa shape index (κ1) is 18.1. The molecule has 0 aromatic rings. The fourth-order valence-corrected chi connectivity index (χ4v) is 9.65. The maximum absolute atomic E-state index is 2.82. The highest BCUT2D eigenvalue weighted by molar-refractivity contribution is 6.75. The normalized spacial score (nSPS) is 13.0. The lowest BCUT2D eigenvalue weighted by Gasteiger charge is -2.51. The monoisotopic (exact) mass is 272 g/mol. The van der Waals surface area contributed by atoms with E-state index in [9.17, 15) is 0 Å². The molecule has 0 radical (unpaired) electrons. The standard InChI is InChI=1S/C15H36N2Si/c1-8-13-14-18(15(6)7,16(9-2)10-3)17(11-4)12-5/h15H,8-14H2,1-7H3. The van der Waals surface area contributed by atoms with E-state index >= 15 is 0 Å². The molecule has 0 aromatic carbocycles. The first-order chi connectivity index (χ1) is 8.54. The molecule has 3 heteroatoms. The lowest BCUT2D eigenvalue weighted by molar-refractivity contribution is 0.336. The second-order valence-corrected chi connectivity index (χ2v) is 10.2. The second-order valence-electron chi connectivity index (χ2n) is 5.48. The van der Waals surface area contributed by atoms with Crippen molar-refractivity contribution in [3.05, 3.63) is 0 Å². The minimum Gasteiger partial charge on any atom is -0.312 e. The minimum atomic E-state index is -1.49. The summed E-state index contributed by atoms with van der Waals surface area (Å²) in [6.45, 7) is 21.4. The van der Waals surface area contributed by atoms with E-state index in [-0.39, 0.29) is 0 Å². The number of nitrogens with zero attached hydrogens (tertiary/aromatic N) is 2. The first-order valence-electron chi connectivity index (χ1n) is 8.04. The molecule has 0 saturated heterocycles. The SMILES string of the molecule is CCCC[Si](C(C)C)(N(CC)CC)N(CC)CC. The summed E-state index contributed by atoms with van der Waals surface area (Å²) >= 11 is 0. The summed E-state index contributed by atoms with van der Waals surface area (Å²) in [5, 5.41) is 0. The van der Waals surface area contributed by atoms with Crippen LogP contribution in [0.1, 0.15) is 61.3 Å². The van der Waals surface area contributed by atoms with Crippen molar-refractivity contribution < 1.29 is 0 Å². The molecule has 0 heterocycles. The van der Waals surface area contributed by atoms with Crippen molar-refractivity contribution in [3.63, 3.8) is 0 Å². The molecule has 0 atom stereocenters. The Morgan fingerprint density at radius 2 is 1.17 bits per heavy atom. The lowest BCUT2D eigenvalue weighted by atomic mass is 10.4.